The Morgan fingerprint density at radius 1 is 1.55 bits per heavy atom. The summed E-state index contributed by atoms with van der Waals surface area (Å²) >= 11 is 0. The van der Waals surface area contributed by atoms with Crippen molar-refractivity contribution >= 4 is 11.9 Å². The minimum absolute atomic E-state index is 0.245. The van der Waals surface area contributed by atoms with Crippen molar-refractivity contribution in [3.8, 4) is 0 Å². The van der Waals surface area contributed by atoms with Gasteiger partial charge in [-0.25, -0.2) is 4.79 Å². The smallest absolute Gasteiger partial charge is 0.328 e. The molecule has 63 valence electrons. The Kier molecular flexibility index (Phi) is 4.26. The van der Waals surface area contributed by atoms with Crippen molar-refractivity contribution < 1.29 is 14.3 Å². The van der Waals surface area contributed by atoms with Crippen LogP contribution in [0.15, 0.2) is 0 Å². The van der Waals surface area contributed by atoms with Crippen LogP contribution in [0.2, 0.25) is 0 Å². The minimum Gasteiger partial charge on any atom is -0.457 e. The van der Waals surface area contributed by atoms with Crippen molar-refractivity contribution in [2.75, 3.05) is 0 Å². The lowest BCUT2D eigenvalue weighted by molar-refractivity contribution is -0.143. The highest BCUT2D eigenvalue weighted by atomic mass is 16.5. The molecule has 11 heavy (non-hydrogen) atoms. The second kappa shape index (κ2) is 4.71. The Morgan fingerprint density at radius 3 is 2.45 bits per heavy atom. The van der Waals surface area contributed by atoms with Crippen molar-refractivity contribution in [2.24, 2.45) is 0 Å². The molecule has 0 bridgehead atoms. The largest absolute Gasteiger partial charge is 0.457 e. The standard InChI is InChI=1S/C7H12NO3/c1-4-11-7(10)5(2)8-6(3)9/h4-5H,1-3H3,(H,8,9)/t5-/m0/s1. The van der Waals surface area contributed by atoms with Crippen LogP contribution in [0.25, 0.3) is 0 Å². The molecule has 0 rings (SSSR count). The van der Waals surface area contributed by atoms with Crippen LogP contribution in [0.5, 0.6) is 0 Å². The fourth-order valence-corrected chi connectivity index (χ4v) is 0.582. The highest BCUT2D eigenvalue weighted by molar-refractivity contribution is 5.82. The average Bonchev–Trinajstić information content (AvgIpc) is 1.86. The molecule has 0 spiro atoms. The van der Waals surface area contributed by atoms with Gasteiger partial charge in [0.15, 0.2) is 0 Å². The van der Waals surface area contributed by atoms with E-state index in [9.17, 15) is 9.59 Å². The maximum atomic E-state index is 10.8. The van der Waals surface area contributed by atoms with Crippen LogP contribution in [0.1, 0.15) is 20.8 Å². The van der Waals surface area contributed by atoms with Gasteiger partial charge in [0, 0.05) is 6.92 Å². The number of amides is 1. The SMILES string of the molecule is C[CH]OC(=O)[C@H](C)NC(C)=O. The molecule has 1 N–H and O–H groups in total. The Morgan fingerprint density at radius 2 is 2.09 bits per heavy atom. The number of hydrogen-bond donors (Lipinski definition) is 1. The van der Waals surface area contributed by atoms with Gasteiger partial charge < -0.3 is 10.1 Å². The quantitative estimate of drug-likeness (QED) is 0.598. The van der Waals surface area contributed by atoms with Gasteiger partial charge in [-0.05, 0) is 13.8 Å². The third-order valence-corrected chi connectivity index (χ3v) is 1.01. The van der Waals surface area contributed by atoms with E-state index >= 15 is 0 Å². The predicted molar refractivity (Wildman–Crippen MR) is 39.3 cm³/mol. The summed E-state index contributed by atoms with van der Waals surface area (Å²) in [4.78, 5) is 21.2. The van der Waals surface area contributed by atoms with Crippen LogP contribution in [-0.4, -0.2) is 17.9 Å². The minimum atomic E-state index is -0.580. The molecule has 0 saturated heterocycles. The molecule has 4 nitrogen and oxygen atoms in total. The molecule has 0 aromatic heterocycles. The van der Waals surface area contributed by atoms with Crippen LogP contribution in [0, 0.1) is 6.61 Å². The first kappa shape index (κ1) is 9.94. The summed E-state index contributed by atoms with van der Waals surface area (Å²) in [6.07, 6.45) is 0. The Hall–Kier alpha value is -1.06. The van der Waals surface area contributed by atoms with E-state index in [0.29, 0.717) is 0 Å². The molecule has 0 saturated carbocycles. The summed E-state index contributed by atoms with van der Waals surface area (Å²) in [5, 5.41) is 2.39. The molecule has 0 aliphatic carbocycles. The van der Waals surface area contributed by atoms with Crippen LogP contribution in [0.4, 0.5) is 0 Å². The number of carbonyl (C=O) groups is 2. The number of ether oxygens (including phenoxy) is 1. The summed E-state index contributed by atoms with van der Waals surface area (Å²) < 4.78 is 4.53. The zero-order chi connectivity index (χ0) is 8.85. The fraction of sp³-hybridized carbons (Fsp3) is 0.571. The predicted octanol–water partition coefficient (Wildman–Crippen LogP) is 0.236. The van der Waals surface area contributed by atoms with Gasteiger partial charge in [-0.15, -0.1) is 0 Å². The van der Waals surface area contributed by atoms with Gasteiger partial charge in [-0.2, -0.15) is 0 Å². The molecule has 0 fully saturated rings. The molecular weight excluding hydrogens is 146 g/mol. The van der Waals surface area contributed by atoms with Gasteiger partial charge in [0.2, 0.25) is 5.91 Å². The Bertz CT molecular complexity index is 156. The molecule has 0 aromatic rings. The summed E-state index contributed by atoms with van der Waals surface area (Å²) in [5.74, 6) is -0.701. The normalized spacial score (nSPS) is 11.9. The topological polar surface area (TPSA) is 55.4 Å². The second-order valence-corrected chi connectivity index (χ2v) is 2.09. The molecule has 0 unspecified atom stereocenters. The summed E-state index contributed by atoms with van der Waals surface area (Å²) in [7, 11) is 0. The first-order valence-corrected chi connectivity index (χ1v) is 3.33. The highest BCUT2D eigenvalue weighted by Gasteiger charge is 2.13. The van der Waals surface area contributed by atoms with E-state index in [-0.39, 0.29) is 5.91 Å². The van der Waals surface area contributed by atoms with E-state index < -0.39 is 12.0 Å². The summed E-state index contributed by atoms with van der Waals surface area (Å²) in [6, 6.07) is -0.580. The zero-order valence-electron chi connectivity index (χ0n) is 6.88. The van der Waals surface area contributed by atoms with Crippen LogP contribution in [0.3, 0.4) is 0 Å². The molecule has 0 heterocycles. The van der Waals surface area contributed by atoms with Gasteiger partial charge in [0.05, 0.1) is 0 Å². The molecule has 1 radical (unpaired) electrons. The first-order valence-electron chi connectivity index (χ1n) is 3.33. The molecule has 0 aliphatic heterocycles. The van der Waals surface area contributed by atoms with Crippen molar-refractivity contribution in [2.45, 2.75) is 26.8 Å². The maximum absolute atomic E-state index is 10.8. The van der Waals surface area contributed by atoms with E-state index in [0.717, 1.165) is 0 Å². The lowest BCUT2D eigenvalue weighted by Gasteiger charge is -2.09. The first-order chi connectivity index (χ1) is 5.07. The Labute approximate surface area is 65.9 Å². The van der Waals surface area contributed by atoms with E-state index in [1.807, 2.05) is 0 Å². The number of hydrogen-bond acceptors (Lipinski definition) is 3. The van der Waals surface area contributed by atoms with Gasteiger partial charge >= 0.3 is 5.97 Å². The molecule has 1 amide bonds. The molecule has 0 aliphatic rings. The van der Waals surface area contributed by atoms with Gasteiger partial charge in [0.1, 0.15) is 12.6 Å². The second-order valence-electron chi connectivity index (χ2n) is 2.09. The van der Waals surface area contributed by atoms with Crippen molar-refractivity contribution in [1.29, 1.82) is 0 Å². The number of carbonyl (C=O) groups excluding carboxylic acids is 2. The summed E-state index contributed by atoms with van der Waals surface area (Å²) in [5.41, 5.74) is 0. The monoisotopic (exact) mass is 158 g/mol. The number of rotatable bonds is 3. The third-order valence-electron chi connectivity index (χ3n) is 1.01. The lowest BCUT2D eigenvalue weighted by Crippen LogP contribution is -2.37. The molecule has 0 aromatic carbocycles. The third kappa shape index (κ3) is 4.36. The van der Waals surface area contributed by atoms with Gasteiger partial charge in [-0.3, -0.25) is 4.79 Å². The van der Waals surface area contributed by atoms with Crippen LogP contribution < -0.4 is 5.32 Å². The van der Waals surface area contributed by atoms with Gasteiger partial charge in [0.25, 0.3) is 0 Å². The average molecular weight is 158 g/mol. The Balaban J connectivity index is 3.73. The number of nitrogens with one attached hydrogen (secondary N) is 1. The molecule has 1 atom stereocenters. The van der Waals surface area contributed by atoms with Crippen molar-refractivity contribution in [3.63, 3.8) is 0 Å². The van der Waals surface area contributed by atoms with Gasteiger partial charge in [-0.1, -0.05) is 0 Å². The van der Waals surface area contributed by atoms with E-state index in [4.69, 9.17) is 0 Å². The van der Waals surface area contributed by atoms with Crippen LogP contribution >= 0.6 is 0 Å². The fourth-order valence-electron chi connectivity index (χ4n) is 0.582. The molecule has 4 heteroatoms. The van der Waals surface area contributed by atoms with E-state index in [1.165, 1.54) is 13.5 Å². The lowest BCUT2D eigenvalue weighted by atomic mass is 10.3. The van der Waals surface area contributed by atoms with Crippen LogP contribution in [-0.2, 0) is 14.3 Å². The summed E-state index contributed by atoms with van der Waals surface area (Å²) in [6.45, 7) is 5.78. The van der Waals surface area contributed by atoms with Crippen molar-refractivity contribution in [3.05, 3.63) is 6.61 Å². The number of esters is 1. The highest BCUT2D eigenvalue weighted by Crippen LogP contribution is 1.89. The maximum Gasteiger partial charge on any atom is 0.328 e. The van der Waals surface area contributed by atoms with E-state index in [2.05, 4.69) is 10.1 Å². The van der Waals surface area contributed by atoms with Crippen molar-refractivity contribution in [1.82, 2.24) is 5.32 Å². The zero-order valence-corrected chi connectivity index (χ0v) is 6.88. The van der Waals surface area contributed by atoms with E-state index in [1.54, 1.807) is 13.8 Å². The molecular formula is C7H12NO3.